The monoisotopic (exact) mass is 202 g/mol. The lowest BCUT2D eigenvalue weighted by Gasteiger charge is -2.27. The van der Waals surface area contributed by atoms with Crippen LogP contribution in [0.2, 0.25) is 0 Å². The van der Waals surface area contributed by atoms with E-state index in [1.165, 1.54) is 0 Å². The van der Waals surface area contributed by atoms with Crippen LogP contribution in [0.1, 0.15) is 33.6 Å². The van der Waals surface area contributed by atoms with E-state index in [-0.39, 0.29) is 11.9 Å². The summed E-state index contributed by atoms with van der Waals surface area (Å²) in [5.41, 5.74) is 5.38. The Kier molecular flexibility index (Phi) is 5.62. The SMILES string of the molecule is CCC(C)N(CCC(N)=S)C(C)=O. The molecule has 0 saturated carbocycles. The van der Waals surface area contributed by atoms with Gasteiger partial charge in [-0.15, -0.1) is 0 Å². The molecule has 4 heteroatoms. The van der Waals surface area contributed by atoms with Crippen LogP contribution in [0.3, 0.4) is 0 Å². The maximum Gasteiger partial charge on any atom is 0.219 e. The van der Waals surface area contributed by atoms with Crippen molar-refractivity contribution in [2.75, 3.05) is 6.54 Å². The van der Waals surface area contributed by atoms with Crippen LogP contribution in [-0.2, 0) is 4.79 Å². The molecule has 0 bridgehead atoms. The summed E-state index contributed by atoms with van der Waals surface area (Å²) in [6, 6.07) is 0.270. The fourth-order valence-electron chi connectivity index (χ4n) is 1.14. The first-order chi connectivity index (χ1) is 5.99. The van der Waals surface area contributed by atoms with Gasteiger partial charge in [0.05, 0.1) is 4.99 Å². The molecule has 1 amide bonds. The number of nitrogens with zero attached hydrogens (tertiary/aromatic N) is 1. The van der Waals surface area contributed by atoms with E-state index < -0.39 is 0 Å². The number of carbonyl (C=O) groups excluding carboxylic acids is 1. The van der Waals surface area contributed by atoms with Crippen LogP contribution in [0, 0.1) is 0 Å². The Morgan fingerprint density at radius 2 is 2.15 bits per heavy atom. The van der Waals surface area contributed by atoms with Crippen molar-refractivity contribution >= 4 is 23.1 Å². The molecule has 0 aromatic heterocycles. The van der Waals surface area contributed by atoms with Crippen molar-refractivity contribution in [2.45, 2.75) is 39.7 Å². The van der Waals surface area contributed by atoms with E-state index in [1.54, 1.807) is 11.8 Å². The van der Waals surface area contributed by atoms with Crippen molar-refractivity contribution in [3.8, 4) is 0 Å². The van der Waals surface area contributed by atoms with Crippen LogP contribution >= 0.6 is 12.2 Å². The second-order valence-corrected chi connectivity index (χ2v) is 3.71. The van der Waals surface area contributed by atoms with E-state index >= 15 is 0 Å². The number of hydrogen-bond acceptors (Lipinski definition) is 2. The fraction of sp³-hybridized carbons (Fsp3) is 0.778. The minimum absolute atomic E-state index is 0.0885. The van der Waals surface area contributed by atoms with Crippen LogP contribution in [0.5, 0.6) is 0 Å². The Bertz CT molecular complexity index is 194. The average molecular weight is 202 g/mol. The molecule has 13 heavy (non-hydrogen) atoms. The minimum Gasteiger partial charge on any atom is -0.393 e. The Labute approximate surface area is 85.3 Å². The topological polar surface area (TPSA) is 46.3 Å². The Balaban J connectivity index is 4.10. The minimum atomic E-state index is 0.0885. The molecule has 0 aliphatic carbocycles. The van der Waals surface area contributed by atoms with Gasteiger partial charge in [-0.2, -0.15) is 0 Å². The Hall–Kier alpha value is -0.640. The molecule has 0 aromatic carbocycles. The molecule has 0 fully saturated rings. The third kappa shape index (κ3) is 4.83. The standard InChI is InChI=1S/C9H18N2OS/c1-4-7(2)11(8(3)12)6-5-9(10)13/h7H,4-6H2,1-3H3,(H2,10,13). The first kappa shape index (κ1) is 12.4. The highest BCUT2D eigenvalue weighted by molar-refractivity contribution is 7.80. The zero-order valence-electron chi connectivity index (χ0n) is 8.54. The van der Waals surface area contributed by atoms with Gasteiger partial charge in [-0.25, -0.2) is 0 Å². The van der Waals surface area contributed by atoms with E-state index in [1.807, 2.05) is 6.92 Å². The molecule has 0 rings (SSSR count). The smallest absolute Gasteiger partial charge is 0.219 e. The third-order valence-corrected chi connectivity index (χ3v) is 2.33. The number of nitrogens with two attached hydrogens (primary N) is 1. The number of rotatable bonds is 5. The summed E-state index contributed by atoms with van der Waals surface area (Å²) in [7, 11) is 0. The Morgan fingerprint density at radius 1 is 1.62 bits per heavy atom. The van der Waals surface area contributed by atoms with Crippen molar-refractivity contribution < 1.29 is 4.79 Å². The molecule has 2 N–H and O–H groups in total. The van der Waals surface area contributed by atoms with Gasteiger partial charge in [0, 0.05) is 25.9 Å². The normalized spacial score (nSPS) is 12.2. The zero-order valence-corrected chi connectivity index (χ0v) is 9.36. The predicted molar refractivity (Wildman–Crippen MR) is 58.5 cm³/mol. The summed E-state index contributed by atoms with van der Waals surface area (Å²) < 4.78 is 0. The van der Waals surface area contributed by atoms with Gasteiger partial charge < -0.3 is 10.6 Å². The molecule has 3 nitrogen and oxygen atoms in total. The second-order valence-electron chi connectivity index (χ2n) is 3.19. The highest BCUT2D eigenvalue weighted by atomic mass is 32.1. The maximum atomic E-state index is 11.2. The zero-order chi connectivity index (χ0) is 10.4. The van der Waals surface area contributed by atoms with E-state index in [0.29, 0.717) is 18.0 Å². The van der Waals surface area contributed by atoms with Gasteiger partial charge in [0.15, 0.2) is 0 Å². The van der Waals surface area contributed by atoms with Crippen LogP contribution in [0.15, 0.2) is 0 Å². The molecular formula is C9H18N2OS. The highest BCUT2D eigenvalue weighted by Crippen LogP contribution is 2.04. The molecule has 1 unspecified atom stereocenters. The van der Waals surface area contributed by atoms with Gasteiger partial charge in [0.1, 0.15) is 0 Å². The van der Waals surface area contributed by atoms with E-state index in [9.17, 15) is 4.79 Å². The largest absolute Gasteiger partial charge is 0.393 e. The predicted octanol–water partition coefficient (Wildman–Crippen LogP) is 1.31. The van der Waals surface area contributed by atoms with Gasteiger partial charge in [-0.05, 0) is 13.3 Å². The van der Waals surface area contributed by atoms with Crippen molar-refractivity contribution in [3.63, 3.8) is 0 Å². The molecule has 0 aliphatic heterocycles. The van der Waals surface area contributed by atoms with Crippen molar-refractivity contribution in [1.29, 1.82) is 0 Å². The summed E-state index contributed by atoms with van der Waals surface area (Å²) in [6.45, 7) is 6.30. The van der Waals surface area contributed by atoms with E-state index in [2.05, 4.69) is 6.92 Å². The summed E-state index contributed by atoms with van der Waals surface area (Å²) in [6.07, 6.45) is 1.57. The lowest BCUT2D eigenvalue weighted by atomic mass is 10.2. The lowest BCUT2D eigenvalue weighted by molar-refractivity contribution is -0.130. The number of carbonyl (C=O) groups is 1. The summed E-state index contributed by atoms with van der Waals surface area (Å²) >= 11 is 4.76. The fourth-order valence-corrected chi connectivity index (χ4v) is 1.23. The van der Waals surface area contributed by atoms with Crippen molar-refractivity contribution in [3.05, 3.63) is 0 Å². The van der Waals surface area contributed by atoms with Gasteiger partial charge in [0.2, 0.25) is 5.91 Å². The maximum absolute atomic E-state index is 11.2. The molecule has 0 aromatic rings. The average Bonchev–Trinajstić information content (AvgIpc) is 2.03. The molecule has 0 radical (unpaired) electrons. The van der Waals surface area contributed by atoms with Gasteiger partial charge in [0.25, 0.3) is 0 Å². The molecule has 0 spiro atoms. The molecular weight excluding hydrogens is 184 g/mol. The van der Waals surface area contributed by atoms with Crippen molar-refractivity contribution in [2.24, 2.45) is 5.73 Å². The molecule has 0 saturated heterocycles. The lowest BCUT2D eigenvalue weighted by Crippen LogP contribution is -2.38. The van der Waals surface area contributed by atoms with Gasteiger partial charge in [-0.1, -0.05) is 19.1 Å². The number of hydrogen-bond donors (Lipinski definition) is 1. The van der Waals surface area contributed by atoms with Crippen LogP contribution in [0.25, 0.3) is 0 Å². The summed E-state index contributed by atoms with van der Waals surface area (Å²) in [5.74, 6) is 0.0885. The van der Waals surface area contributed by atoms with Crippen LogP contribution < -0.4 is 5.73 Å². The van der Waals surface area contributed by atoms with Gasteiger partial charge >= 0.3 is 0 Å². The molecule has 0 heterocycles. The Morgan fingerprint density at radius 3 is 2.46 bits per heavy atom. The second kappa shape index (κ2) is 5.91. The van der Waals surface area contributed by atoms with E-state index in [0.717, 1.165) is 6.42 Å². The molecule has 1 atom stereocenters. The summed E-state index contributed by atoms with van der Waals surface area (Å²) in [5, 5.41) is 0. The van der Waals surface area contributed by atoms with Crippen LogP contribution in [0.4, 0.5) is 0 Å². The summed E-state index contributed by atoms with van der Waals surface area (Å²) in [4.78, 5) is 13.5. The highest BCUT2D eigenvalue weighted by Gasteiger charge is 2.14. The quantitative estimate of drug-likeness (QED) is 0.684. The van der Waals surface area contributed by atoms with Crippen LogP contribution in [-0.4, -0.2) is 28.4 Å². The molecule has 0 aliphatic rings. The van der Waals surface area contributed by atoms with E-state index in [4.69, 9.17) is 18.0 Å². The third-order valence-electron chi connectivity index (χ3n) is 2.13. The number of thiocarbonyl (C=S) groups is 1. The molecule has 76 valence electrons. The van der Waals surface area contributed by atoms with Gasteiger partial charge in [-0.3, -0.25) is 4.79 Å². The first-order valence-electron chi connectivity index (χ1n) is 4.54. The van der Waals surface area contributed by atoms with Crippen molar-refractivity contribution in [1.82, 2.24) is 4.90 Å². The number of amides is 1. The first-order valence-corrected chi connectivity index (χ1v) is 4.95.